The van der Waals surface area contributed by atoms with Gasteiger partial charge in [-0.2, -0.15) is 4.98 Å². The number of halogens is 2. The summed E-state index contributed by atoms with van der Waals surface area (Å²) in [5.41, 5.74) is 0. The molecule has 0 aliphatic carbocycles. The Morgan fingerprint density at radius 2 is 1.73 bits per heavy atom. The Hall–Kier alpha value is -3.33. The molecule has 0 bridgehead atoms. The van der Waals surface area contributed by atoms with Gasteiger partial charge in [-0.05, 0) is 19.9 Å². The van der Waals surface area contributed by atoms with Crippen molar-refractivity contribution in [2.24, 2.45) is 0 Å². The van der Waals surface area contributed by atoms with Crippen LogP contribution in [0.5, 0.6) is 5.75 Å². The number of anilines is 1. The number of ether oxygens (including phenoxy) is 1. The second-order valence-corrected chi connectivity index (χ2v) is 10.7. The molecule has 15 heteroatoms. The summed E-state index contributed by atoms with van der Waals surface area (Å²) in [6, 6.07) is 2.67. The van der Waals surface area contributed by atoms with Gasteiger partial charge in [0.15, 0.2) is 15.7 Å². The zero-order valence-corrected chi connectivity index (χ0v) is 21.7. The second-order valence-electron chi connectivity index (χ2n) is 8.74. The number of aromatic nitrogens is 2. The molecule has 3 rings (SSSR count). The van der Waals surface area contributed by atoms with Crippen LogP contribution in [0.15, 0.2) is 21.6 Å². The fourth-order valence-electron chi connectivity index (χ4n) is 3.55. The van der Waals surface area contributed by atoms with Gasteiger partial charge >= 0.3 is 18.0 Å². The van der Waals surface area contributed by atoms with Gasteiger partial charge in [-0.25, -0.2) is 26.8 Å². The van der Waals surface area contributed by atoms with Crippen LogP contribution in [0, 0.1) is 11.6 Å². The Balaban J connectivity index is 0.000000717. The number of aliphatic carboxylic acids is 2. The third-order valence-corrected chi connectivity index (χ3v) is 6.68. The zero-order chi connectivity index (χ0) is 27.9. The minimum atomic E-state index is -3.99. The van der Waals surface area contributed by atoms with E-state index in [0.29, 0.717) is 24.4 Å². The number of nitrogens with zero attached hydrogens (tertiary/aromatic N) is 4. The van der Waals surface area contributed by atoms with E-state index in [9.17, 15) is 17.2 Å². The summed E-state index contributed by atoms with van der Waals surface area (Å²) in [7, 11) is -2.02. The van der Waals surface area contributed by atoms with Gasteiger partial charge in [0, 0.05) is 50.0 Å². The van der Waals surface area contributed by atoms with Gasteiger partial charge in [0.05, 0.1) is 0 Å². The highest BCUT2D eigenvalue weighted by atomic mass is 32.2. The van der Waals surface area contributed by atoms with E-state index in [1.165, 1.54) is 0 Å². The standard InChI is InChI=1S/C20H28F2N4O4S.C2H2O4/c1-13(2)19-23-20(30-24-19)26-7-5-14(6-8-26)25(3)9-10-29-15-11-16(21)18(17(22)12-15)31(4,27)28;3-1(4)2(5)6/h11-14H,5-10H2,1-4H3;(H,3,4)(H,5,6). The van der Waals surface area contributed by atoms with Crippen LogP contribution in [-0.4, -0.2) is 91.2 Å². The summed E-state index contributed by atoms with van der Waals surface area (Å²) in [5, 5.41) is 18.8. The lowest BCUT2D eigenvalue weighted by Gasteiger charge is -2.35. The number of carboxylic acid groups (broad SMARTS) is 2. The van der Waals surface area contributed by atoms with E-state index in [1.807, 2.05) is 20.9 Å². The molecule has 0 unspecified atom stereocenters. The largest absolute Gasteiger partial charge is 0.492 e. The van der Waals surface area contributed by atoms with Crippen molar-refractivity contribution in [1.29, 1.82) is 0 Å². The van der Waals surface area contributed by atoms with Crippen LogP contribution in [0.25, 0.3) is 0 Å². The molecule has 1 aromatic heterocycles. The lowest BCUT2D eigenvalue weighted by molar-refractivity contribution is -0.159. The molecule has 1 aliphatic heterocycles. The van der Waals surface area contributed by atoms with E-state index in [1.54, 1.807) is 0 Å². The maximum Gasteiger partial charge on any atom is 0.414 e. The van der Waals surface area contributed by atoms with Crippen LogP contribution in [0.1, 0.15) is 38.4 Å². The van der Waals surface area contributed by atoms with Crippen LogP contribution in [-0.2, 0) is 19.4 Å². The normalized spacial score (nSPS) is 14.4. The fourth-order valence-corrected chi connectivity index (χ4v) is 4.38. The number of carboxylic acids is 2. The van der Waals surface area contributed by atoms with Crippen LogP contribution in [0.3, 0.4) is 0 Å². The number of likely N-dealkylation sites (N-methyl/N-ethyl adjacent to an activating group) is 1. The van der Waals surface area contributed by atoms with E-state index >= 15 is 0 Å². The number of piperidine rings is 1. The van der Waals surface area contributed by atoms with E-state index in [4.69, 9.17) is 29.1 Å². The van der Waals surface area contributed by atoms with Gasteiger partial charge in [-0.1, -0.05) is 19.0 Å². The minimum Gasteiger partial charge on any atom is -0.492 e. The molecule has 0 spiro atoms. The molecule has 0 amide bonds. The summed E-state index contributed by atoms with van der Waals surface area (Å²) in [5.74, 6) is -5.08. The monoisotopic (exact) mass is 548 g/mol. The molecule has 2 N–H and O–H groups in total. The smallest absolute Gasteiger partial charge is 0.414 e. The highest BCUT2D eigenvalue weighted by Crippen LogP contribution is 2.25. The Kier molecular flexibility index (Phi) is 10.3. The third-order valence-electron chi connectivity index (χ3n) is 5.54. The average molecular weight is 549 g/mol. The van der Waals surface area contributed by atoms with Crippen molar-refractivity contribution in [3.8, 4) is 5.75 Å². The molecule has 0 atom stereocenters. The number of benzene rings is 1. The molecule has 0 radical (unpaired) electrons. The summed E-state index contributed by atoms with van der Waals surface area (Å²) in [6.07, 6.45) is 2.57. The van der Waals surface area contributed by atoms with Crippen molar-refractivity contribution in [3.05, 3.63) is 29.6 Å². The average Bonchev–Trinajstić information content (AvgIpc) is 3.29. The summed E-state index contributed by atoms with van der Waals surface area (Å²) >= 11 is 0. The van der Waals surface area contributed by atoms with E-state index in [-0.39, 0.29) is 18.3 Å². The Bertz CT molecular complexity index is 1160. The molecule has 2 aromatic rings. The summed E-state index contributed by atoms with van der Waals surface area (Å²) in [4.78, 5) is 25.9. The molecule has 1 aromatic carbocycles. The van der Waals surface area contributed by atoms with Gasteiger partial charge in [0.1, 0.15) is 28.9 Å². The Labute approximate surface area is 212 Å². The van der Waals surface area contributed by atoms with E-state index in [2.05, 4.69) is 19.9 Å². The second kappa shape index (κ2) is 12.8. The lowest BCUT2D eigenvalue weighted by atomic mass is 10.0. The molecular weight excluding hydrogens is 518 g/mol. The molecule has 12 nitrogen and oxygen atoms in total. The topological polar surface area (TPSA) is 163 Å². The maximum absolute atomic E-state index is 14.0. The van der Waals surface area contributed by atoms with E-state index < -0.39 is 38.3 Å². The molecule has 0 saturated carbocycles. The van der Waals surface area contributed by atoms with Crippen LogP contribution in [0.2, 0.25) is 0 Å². The highest BCUT2D eigenvalue weighted by Gasteiger charge is 2.26. The predicted molar refractivity (Wildman–Crippen MR) is 126 cm³/mol. The quantitative estimate of drug-likeness (QED) is 0.462. The first kappa shape index (κ1) is 29.9. The van der Waals surface area contributed by atoms with Crippen molar-refractivity contribution >= 4 is 27.8 Å². The molecular formula is C22H30F2N4O8S. The number of carbonyl (C=O) groups is 2. The molecule has 1 fully saturated rings. The number of hydrogen-bond donors (Lipinski definition) is 2. The van der Waals surface area contributed by atoms with Gasteiger partial charge < -0.3 is 24.4 Å². The Morgan fingerprint density at radius 1 is 1.19 bits per heavy atom. The minimum absolute atomic E-state index is 0.0389. The van der Waals surface area contributed by atoms with E-state index in [0.717, 1.165) is 44.3 Å². The first-order valence-electron chi connectivity index (χ1n) is 11.3. The number of sulfone groups is 1. The first-order chi connectivity index (χ1) is 17.2. The molecule has 1 saturated heterocycles. The Morgan fingerprint density at radius 3 is 2.16 bits per heavy atom. The zero-order valence-electron chi connectivity index (χ0n) is 20.8. The highest BCUT2D eigenvalue weighted by molar-refractivity contribution is 7.90. The van der Waals surface area contributed by atoms with Gasteiger partial charge in [-0.15, -0.1) is 0 Å². The number of hydrogen-bond acceptors (Lipinski definition) is 10. The SMILES string of the molecule is CC(C)c1noc(N2CCC(N(C)CCOc3cc(F)c(S(C)(=O)=O)c(F)c3)CC2)n1.O=C(O)C(=O)O. The van der Waals surface area contributed by atoms with Crippen molar-refractivity contribution in [2.45, 2.75) is 43.5 Å². The summed E-state index contributed by atoms with van der Waals surface area (Å²) < 4.78 is 61.7. The number of rotatable bonds is 8. The predicted octanol–water partition coefficient (Wildman–Crippen LogP) is 2.01. The van der Waals surface area contributed by atoms with Crippen molar-refractivity contribution in [1.82, 2.24) is 15.0 Å². The van der Waals surface area contributed by atoms with Crippen molar-refractivity contribution in [3.63, 3.8) is 0 Å². The van der Waals surface area contributed by atoms with Crippen molar-refractivity contribution < 1.29 is 46.3 Å². The first-order valence-corrected chi connectivity index (χ1v) is 13.2. The van der Waals surface area contributed by atoms with Crippen LogP contribution < -0.4 is 9.64 Å². The molecule has 2 heterocycles. The van der Waals surface area contributed by atoms with Gasteiger partial charge in [0.25, 0.3) is 0 Å². The van der Waals surface area contributed by atoms with Crippen molar-refractivity contribution in [2.75, 3.05) is 44.4 Å². The van der Waals surface area contributed by atoms with Crippen LogP contribution in [0.4, 0.5) is 14.8 Å². The molecule has 206 valence electrons. The summed E-state index contributed by atoms with van der Waals surface area (Å²) in [6.45, 7) is 6.38. The maximum atomic E-state index is 14.0. The van der Waals surface area contributed by atoms with Gasteiger partial charge in [0.2, 0.25) is 0 Å². The van der Waals surface area contributed by atoms with Crippen LogP contribution >= 0.6 is 0 Å². The third kappa shape index (κ3) is 8.63. The molecule has 37 heavy (non-hydrogen) atoms. The fraction of sp³-hybridized carbons (Fsp3) is 0.545. The lowest BCUT2D eigenvalue weighted by Crippen LogP contribution is -2.44. The molecule has 1 aliphatic rings. The van der Waals surface area contributed by atoms with Gasteiger partial charge in [-0.3, -0.25) is 4.90 Å².